The van der Waals surface area contributed by atoms with Crippen LogP contribution in [-0.2, 0) is 6.42 Å². The highest BCUT2D eigenvalue weighted by Crippen LogP contribution is 2.21. The van der Waals surface area contributed by atoms with Crippen molar-refractivity contribution in [3.63, 3.8) is 0 Å². The van der Waals surface area contributed by atoms with Gasteiger partial charge in [-0.15, -0.1) is 10.2 Å². The lowest BCUT2D eigenvalue weighted by atomic mass is 10.1. The van der Waals surface area contributed by atoms with Crippen molar-refractivity contribution in [3.8, 4) is 0 Å². The monoisotopic (exact) mass is 336 g/mol. The molecule has 1 aromatic heterocycles. The SMILES string of the molecule is O=C(Nc1nnc(Cc2ccccc2F)s1)N1CCCC(O)C1. The maximum atomic E-state index is 13.6. The Morgan fingerprint density at radius 1 is 1.43 bits per heavy atom. The number of aromatic nitrogens is 2. The van der Waals surface area contributed by atoms with Gasteiger partial charge in [-0.3, -0.25) is 5.32 Å². The molecule has 23 heavy (non-hydrogen) atoms. The van der Waals surface area contributed by atoms with Gasteiger partial charge < -0.3 is 10.0 Å². The van der Waals surface area contributed by atoms with E-state index < -0.39 is 6.10 Å². The van der Waals surface area contributed by atoms with Crippen LogP contribution in [0.5, 0.6) is 0 Å². The van der Waals surface area contributed by atoms with Crippen LogP contribution < -0.4 is 5.32 Å². The minimum absolute atomic E-state index is 0.282. The van der Waals surface area contributed by atoms with Crippen LogP contribution in [0.4, 0.5) is 14.3 Å². The number of anilines is 1. The number of amides is 2. The van der Waals surface area contributed by atoms with Gasteiger partial charge in [0.15, 0.2) is 0 Å². The molecule has 2 amide bonds. The molecule has 1 saturated heterocycles. The lowest BCUT2D eigenvalue weighted by Crippen LogP contribution is -2.44. The summed E-state index contributed by atoms with van der Waals surface area (Å²) in [5, 5.41) is 21.2. The predicted molar refractivity (Wildman–Crippen MR) is 84.9 cm³/mol. The second-order valence-electron chi connectivity index (χ2n) is 5.44. The fourth-order valence-electron chi connectivity index (χ4n) is 2.49. The number of halogens is 1. The number of aliphatic hydroxyl groups is 1. The first kappa shape index (κ1) is 15.8. The van der Waals surface area contributed by atoms with Gasteiger partial charge in [0.25, 0.3) is 0 Å². The molecule has 1 aromatic carbocycles. The van der Waals surface area contributed by atoms with Crippen LogP contribution in [0.1, 0.15) is 23.4 Å². The molecule has 2 aromatic rings. The number of hydrogen-bond donors (Lipinski definition) is 2. The number of urea groups is 1. The first-order chi connectivity index (χ1) is 11.1. The second-order valence-corrected chi connectivity index (χ2v) is 6.50. The van der Waals surface area contributed by atoms with Crippen molar-refractivity contribution < 1.29 is 14.3 Å². The van der Waals surface area contributed by atoms with Gasteiger partial charge in [0, 0.05) is 19.5 Å². The summed E-state index contributed by atoms with van der Waals surface area (Å²) in [6.07, 6.45) is 1.36. The summed E-state index contributed by atoms with van der Waals surface area (Å²) in [6, 6.07) is 6.21. The van der Waals surface area contributed by atoms with E-state index in [0.717, 1.165) is 12.8 Å². The molecule has 0 aliphatic carbocycles. The summed E-state index contributed by atoms with van der Waals surface area (Å²) in [7, 11) is 0. The summed E-state index contributed by atoms with van der Waals surface area (Å²) >= 11 is 1.22. The van der Waals surface area contributed by atoms with E-state index in [-0.39, 0.29) is 11.8 Å². The van der Waals surface area contributed by atoms with Crippen LogP contribution in [0.3, 0.4) is 0 Å². The van der Waals surface area contributed by atoms with Crippen LogP contribution >= 0.6 is 11.3 Å². The normalized spacial score (nSPS) is 18.0. The van der Waals surface area contributed by atoms with Gasteiger partial charge in [-0.25, -0.2) is 9.18 Å². The number of carbonyl (C=O) groups is 1. The summed E-state index contributed by atoms with van der Waals surface area (Å²) in [6.45, 7) is 0.941. The lowest BCUT2D eigenvalue weighted by Gasteiger charge is -2.29. The van der Waals surface area contributed by atoms with Gasteiger partial charge in [-0.2, -0.15) is 0 Å². The highest BCUT2D eigenvalue weighted by Gasteiger charge is 2.22. The second kappa shape index (κ2) is 7.01. The van der Waals surface area contributed by atoms with Gasteiger partial charge in [0.2, 0.25) is 5.13 Å². The zero-order valence-electron chi connectivity index (χ0n) is 12.4. The van der Waals surface area contributed by atoms with Crippen molar-refractivity contribution in [3.05, 3.63) is 40.7 Å². The summed E-state index contributed by atoms with van der Waals surface area (Å²) in [5.41, 5.74) is 0.542. The summed E-state index contributed by atoms with van der Waals surface area (Å²) < 4.78 is 13.6. The molecule has 1 unspecified atom stereocenters. The molecule has 0 spiro atoms. The zero-order valence-corrected chi connectivity index (χ0v) is 13.2. The number of aliphatic hydroxyl groups excluding tert-OH is 1. The lowest BCUT2D eigenvalue weighted by molar-refractivity contribution is 0.0883. The van der Waals surface area contributed by atoms with Crippen LogP contribution in [0.15, 0.2) is 24.3 Å². The molecule has 0 saturated carbocycles. The van der Waals surface area contributed by atoms with Gasteiger partial charge in [-0.05, 0) is 24.5 Å². The zero-order chi connectivity index (χ0) is 16.2. The summed E-state index contributed by atoms with van der Waals surface area (Å²) in [4.78, 5) is 13.7. The molecule has 1 aliphatic rings. The Hall–Kier alpha value is -2.06. The first-order valence-corrected chi connectivity index (χ1v) is 8.23. The van der Waals surface area contributed by atoms with Gasteiger partial charge in [0.05, 0.1) is 6.10 Å². The minimum atomic E-state index is -0.472. The molecule has 6 nitrogen and oxygen atoms in total. The van der Waals surface area contributed by atoms with Crippen molar-refractivity contribution in [2.24, 2.45) is 0 Å². The fourth-order valence-corrected chi connectivity index (χ4v) is 3.24. The number of benzene rings is 1. The van der Waals surface area contributed by atoms with Crippen molar-refractivity contribution in [2.75, 3.05) is 18.4 Å². The van der Waals surface area contributed by atoms with E-state index in [2.05, 4.69) is 15.5 Å². The number of nitrogens with zero attached hydrogens (tertiary/aromatic N) is 3. The quantitative estimate of drug-likeness (QED) is 0.901. The van der Waals surface area contributed by atoms with Crippen LogP contribution in [0, 0.1) is 5.82 Å². The van der Waals surface area contributed by atoms with Crippen LogP contribution in [-0.4, -0.2) is 45.4 Å². The molecule has 0 bridgehead atoms. The fraction of sp³-hybridized carbons (Fsp3) is 0.400. The third-order valence-corrected chi connectivity index (χ3v) is 4.50. The van der Waals surface area contributed by atoms with E-state index in [1.807, 2.05) is 0 Å². The topological polar surface area (TPSA) is 78.4 Å². The van der Waals surface area contributed by atoms with Gasteiger partial charge in [-0.1, -0.05) is 29.5 Å². The largest absolute Gasteiger partial charge is 0.391 e. The van der Waals surface area contributed by atoms with Crippen molar-refractivity contribution in [2.45, 2.75) is 25.4 Å². The molecule has 1 atom stereocenters. The Morgan fingerprint density at radius 2 is 2.26 bits per heavy atom. The Kier molecular flexibility index (Phi) is 4.82. The first-order valence-electron chi connectivity index (χ1n) is 7.41. The van der Waals surface area contributed by atoms with Crippen molar-refractivity contribution >= 4 is 22.5 Å². The molecule has 1 aliphatic heterocycles. The molecule has 2 heterocycles. The van der Waals surface area contributed by atoms with Crippen molar-refractivity contribution in [1.29, 1.82) is 0 Å². The van der Waals surface area contributed by atoms with E-state index in [1.54, 1.807) is 23.1 Å². The van der Waals surface area contributed by atoms with Crippen molar-refractivity contribution in [1.82, 2.24) is 15.1 Å². The third kappa shape index (κ3) is 4.02. The van der Waals surface area contributed by atoms with E-state index in [0.29, 0.717) is 35.2 Å². The molecule has 2 N–H and O–H groups in total. The van der Waals surface area contributed by atoms with E-state index in [9.17, 15) is 14.3 Å². The molecule has 1 fully saturated rings. The van der Waals surface area contributed by atoms with E-state index in [1.165, 1.54) is 17.4 Å². The number of nitrogens with one attached hydrogen (secondary N) is 1. The Balaban J connectivity index is 1.61. The molecule has 8 heteroatoms. The number of carbonyl (C=O) groups excluding carboxylic acids is 1. The van der Waals surface area contributed by atoms with E-state index >= 15 is 0 Å². The molecular weight excluding hydrogens is 319 g/mol. The number of piperidine rings is 1. The molecule has 0 radical (unpaired) electrons. The number of β-amino-alcohol motifs (C(OH)–C–C–N with tert-alkyl or cyclic N) is 1. The number of rotatable bonds is 3. The Labute approximate surface area is 137 Å². The number of likely N-dealkylation sites (tertiary alicyclic amines) is 1. The van der Waals surface area contributed by atoms with E-state index in [4.69, 9.17) is 0 Å². The Bertz CT molecular complexity index is 694. The average Bonchev–Trinajstić information content (AvgIpc) is 2.97. The summed E-state index contributed by atoms with van der Waals surface area (Å²) in [5.74, 6) is -0.282. The minimum Gasteiger partial charge on any atom is -0.391 e. The third-order valence-electron chi connectivity index (χ3n) is 3.66. The molecular formula is C15H17FN4O2S. The highest BCUT2D eigenvalue weighted by molar-refractivity contribution is 7.15. The maximum Gasteiger partial charge on any atom is 0.323 e. The van der Waals surface area contributed by atoms with Crippen LogP contribution in [0.2, 0.25) is 0 Å². The molecule has 3 rings (SSSR count). The Morgan fingerprint density at radius 3 is 3.04 bits per heavy atom. The van der Waals surface area contributed by atoms with Crippen LogP contribution in [0.25, 0.3) is 0 Å². The standard InChI is InChI=1S/C15H17FN4O2S/c16-12-6-2-1-4-10(12)8-13-18-19-14(23-13)17-15(22)20-7-3-5-11(21)9-20/h1-2,4,6,11,21H,3,5,7-9H2,(H,17,19,22). The smallest absolute Gasteiger partial charge is 0.323 e. The average molecular weight is 336 g/mol. The van der Waals surface area contributed by atoms with Gasteiger partial charge >= 0.3 is 6.03 Å². The number of hydrogen-bond acceptors (Lipinski definition) is 5. The maximum absolute atomic E-state index is 13.6. The van der Waals surface area contributed by atoms with Gasteiger partial charge in [0.1, 0.15) is 10.8 Å². The highest BCUT2D eigenvalue weighted by atomic mass is 32.1. The molecule has 122 valence electrons. The predicted octanol–water partition coefficient (Wildman–Crippen LogP) is 2.26.